The molecular weight excluding hydrogens is 168 g/mol. The van der Waals surface area contributed by atoms with Crippen LogP contribution in [-0.4, -0.2) is 22.3 Å². The average molecular weight is 178 g/mol. The van der Waals surface area contributed by atoms with E-state index in [0.717, 1.165) is 11.1 Å². The number of carboxylic acid groups (broad SMARTS) is 1. The minimum Gasteiger partial charge on any atom is -0.481 e. The normalized spacial score (nSPS) is 25.6. The van der Waals surface area contributed by atoms with Crippen molar-refractivity contribution in [3.8, 4) is 0 Å². The number of aliphatic hydroxyl groups is 1. The smallest absolute Gasteiger partial charge is 0.313 e. The van der Waals surface area contributed by atoms with Crippen LogP contribution in [0.1, 0.15) is 17.0 Å². The van der Waals surface area contributed by atoms with Gasteiger partial charge >= 0.3 is 5.97 Å². The maximum atomic E-state index is 10.8. The van der Waals surface area contributed by atoms with Gasteiger partial charge < -0.3 is 10.2 Å². The van der Waals surface area contributed by atoms with E-state index in [0.29, 0.717) is 6.42 Å². The number of benzene rings is 1. The van der Waals surface area contributed by atoms with Crippen LogP contribution in [0.25, 0.3) is 0 Å². The Bertz CT molecular complexity index is 346. The third-order valence-corrected chi connectivity index (χ3v) is 2.47. The van der Waals surface area contributed by atoms with Gasteiger partial charge in [0.15, 0.2) is 0 Å². The fourth-order valence-electron chi connectivity index (χ4n) is 1.87. The molecule has 0 fully saturated rings. The number of carbonyl (C=O) groups is 1. The van der Waals surface area contributed by atoms with Crippen molar-refractivity contribution in [2.24, 2.45) is 0 Å². The topological polar surface area (TPSA) is 57.5 Å². The monoisotopic (exact) mass is 178 g/mol. The van der Waals surface area contributed by atoms with Crippen molar-refractivity contribution >= 4 is 5.97 Å². The van der Waals surface area contributed by atoms with Crippen molar-refractivity contribution in [2.45, 2.75) is 18.4 Å². The Balaban J connectivity index is 2.46. The number of aliphatic hydroxyl groups excluding tert-OH is 1. The molecule has 1 aromatic rings. The zero-order valence-electron chi connectivity index (χ0n) is 6.97. The summed E-state index contributed by atoms with van der Waals surface area (Å²) in [6.07, 6.45) is -0.317. The molecule has 0 saturated carbocycles. The van der Waals surface area contributed by atoms with Crippen molar-refractivity contribution in [1.82, 2.24) is 0 Å². The fourth-order valence-corrected chi connectivity index (χ4v) is 1.87. The summed E-state index contributed by atoms with van der Waals surface area (Å²) >= 11 is 0. The van der Waals surface area contributed by atoms with Crippen LogP contribution in [0, 0.1) is 0 Å². The van der Waals surface area contributed by atoms with Crippen LogP contribution < -0.4 is 0 Å². The molecule has 1 aromatic carbocycles. The Hall–Kier alpha value is -1.35. The molecular formula is C10H10O3. The van der Waals surface area contributed by atoms with Crippen molar-refractivity contribution in [2.75, 3.05) is 0 Å². The first kappa shape index (κ1) is 8.26. The van der Waals surface area contributed by atoms with Crippen molar-refractivity contribution < 1.29 is 15.0 Å². The minimum atomic E-state index is -0.947. The summed E-state index contributed by atoms with van der Waals surface area (Å²) in [5, 5.41) is 18.4. The molecule has 2 rings (SSSR count). The number of hydrogen-bond donors (Lipinski definition) is 2. The average Bonchev–Trinajstić information content (AvgIpc) is 2.39. The first-order chi connectivity index (χ1) is 6.20. The molecule has 3 nitrogen and oxygen atoms in total. The second-order valence-electron chi connectivity index (χ2n) is 3.29. The highest BCUT2D eigenvalue weighted by atomic mass is 16.4. The Kier molecular flexibility index (Phi) is 1.81. The van der Waals surface area contributed by atoms with Gasteiger partial charge in [-0.2, -0.15) is 0 Å². The maximum Gasteiger partial charge on any atom is 0.313 e. The summed E-state index contributed by atoms with van der Waals surface area (Å²) in [6, 6.07) is 7.29. The maximum absolute atomic E-state index is 10.8. The van der Waals surface area contributed by atoms with E-state index in [4.69, 9.17) is 5.11 Å². The predicted octanol–water partition coefficient (Wildman–Crippen LogP) is 0.772. The van der Waals surface area contributed by atoms with Gasteiger partial charge in [-0.3, -0.25) is 4.79 Å². The lowest BCUT2D eigenvalue weighted by Crippen LogP contribution is -2.21. The van der Waals surface area contributed by atoms with Gasteiger partial charge in [-0.25, -0.2) is 0 Å². The van der Waals surface area contributed by atoms with Gasteiger partial charge in [0.25, 0.3) is 0 Å². The Morgan fingerprint density at radius 1 is 1.38 bits per heavy atom. The summed E-state index contributed by atoms with van der Waals surface area (Å²) in [6.45, 7) is 0. The second kappa shape index (κ2) is 2.85. The van der Waals surface area contributed by atoms with Gasteiger partial charge in [0.1, 0.15) is 5.92 Å². The molecule has 0 heterocycles. The second-order valence-corrected chi connectivity index (χ2v) is 3.29. The summed E-state index contributed by atoms with van der Waals surface area (Å²) in [7, 11) is 0. The van der Waals surface area contributed by atoms with Crippen molar-refractivity contribution in [3.63, 3.8) is 0 Å². The fraction of sp³-hybridized carbons (Fsp3) is 0.300. The van der Waals surface area contributed by atoms with Crippen LogP contribution in [-0.2, 0) is 11.2 Å². The number of aliphatic carboxylic acids is 1. The van der Waals surface area contributed by atoms with Crippen LogP contribution in [0.5, 0.6) is 0 Å². The van der Waals surface area contributed by atoms with E-state index in [1.165, 1.54) is 0 Å². The van der Waals surface area contributed by atoms with Crippen LogP contribution in [0.3, 0.4) is 0 Å². The van der Waals surface area contributed by atoms with E-state index in [1.54, 1.807) is 12.1 Å². The Morgan fingerprint density at radius 3 is 2.77 bits per heavy atom. The SMILES string of the molecule is O=C(O)[C@H]1c2ccccc2C[C@@H]1O. The molecule has 0 spiro atoms. The number of carboxylic acids is 1. The molecule has 3 heteroatoms. The predicted molar refractivity (Wildman–Crippen MR) is 46.5 cm³/mol. The van der Waals surface area contributed by atoms with Crippen molar-refractivity contribution in [3.05, 3.63) is 35.4 Å². The molecule has 0 saturated heterocycles. The molecule has 68 valence electrons. The third-order valence-electron chi connectivity index (χ3n) is 2.47. The Morgan fingerprint density at radius 2 is 2.08 bits per heavy atom. The van der Waals surface area contributed by atoms with E-state index in [2.05, 4.69) is 0 Å². The lowest BCUT2D eigenvalue weighted by atomic mass is 10.0. The summed E-state index contributed by atoms with van der Waals surface area (Å²) < 4.78 is 0. The lowest BCUT2D eigenvalue weighted by molar-refractivity contribution is -0.141. The summed E-state index contributed by atoms with van der Waals surface area (Å²) in [5.74, 6) is -1.69. The molecule has 0 aromatic heterocycles. The van der Waals surface area contributed by atoms with Crippen LogP contribution >= 0.6 is 0 Å². The number of fused-ring (bicyclic) bond motifs is 1. The molecule has 0 aliphatic heterocycles. The minimum absolute atomic E-state index is 0.452. The number of hydrogen-bond acceptors (Lipinski definition) is 2. The molecule has 0 amide bonds. The zero-order valence-corrected chi connectivity index (χ0v) is 6.97. The van der Waals surface area contributed by atoms with E-state index in [9.17, 15) is 9.90 Å². The van der Waals surface area contributed by atoms with Crippen LogP contribution in [0.4, 0.5) is 0 Å². The lowest BCUT2D eigenvalue weighted by Gasteiger charge is -2.09. The van der Waals surface area contributed by atoms with Crippen LogP contribution in [0.15, 0.2) is 24.3 Å². The molecule has 1 aliphatic rings. The quantitative estimate of drug-likeness (QED) is 0.667. The third kappa shape index (κ3) is 1.21. The first-order valence-corrected chi connectivity index (χ1v) is 4.19. The molecule has 0 unspecified atom stereocenters. The molecule has 1 aliphatic carbocycles. The van der Waals surface area contributed by atoms with Crippen LogP contribution in [0.2, 0.25) is 0 Å². The molecule has 2 atom stereocenters. The zero-order chi connectivity index (χ0) is 9.42. The van der Waals surface area contributed by atoms with Gasteiger partial charge in [-0.05, 0) is 17.5 Å². The van der Waals surface area contributed by atoms with Gasteiger partial charge in [0.05, 0.1) is 6.10 Å². The molecule has 0 bridgehead atoms. The summed E-state index contributed by atoms with van der Waals surface area (Å²) in [5.41, 5.74) is 1.70. The molecule has 0 radical (unpaired) electrons. The Labute approximate surface area is 75.6 Å². The van der Waals surface area contributed by atoms with Gasteiger partial charge in [-0.15, -0.1) is 0 Å². The highest BCUT2D eigenvalue weighted by molar-refractivity contribution is 5.78. The highest BCUT2D eigenvalue weighted by Crippen LogP contribution is 2.33. The largest absolute Gasteiger partial charge is 0.481 e. The summed E-state index contributed by atoms with van der Waals surface area (Å²) in [4.78, 5) is 10.8. The number of rotatable bonds is 1. The molecule has 2 N–H and O–H groups in total. The van der Waals surface area contributed by atoms with E-state index in [-0.39, 0.29) is 0 Å². The van der Waals surface area contributed by atoms with Gasteiger partial charge in [0.2, 0.25) is 0 Å². The van der Waals surface area contributed by atoms with E-state index in [1.807, 2.05) is 12.1 Å². The van der Waals surface area contributed by atoms with Gasteiger partial charge in [-0.1, -0.05) is 24.3 Å². The highest BCUT2D eigenvalue weighted by Gasteiger charge is 2.35. The standard InChI is InChI=1S/C10H10O3/c11-8-5-6-3-1-2-4-7(6)9(8)10(12)13/h1-4,8-9,11H,5H2,(H,12,13)/t8-,9-/m0/s1. The first-order valence-electron chi connectivity index (χ1n) is 4.19. The molecule has 13 heavy (non-hydrogen) atoms. The van der Waals surface area contributed by atoms with E-state index >= 15 is 0 Å². The van der Waals surface area contributed by atoms with E-state index < -0.39 is 18.0 Å². The van der Waals surface area contributed by atoms with Crippen molar-refractivity contribution in [1.29, 1.82) is 0 Å². The van der Waals surface area contributed by atoms with Gasteiger partial charge in [0, 0.05) is 0 Å².